The van der Waals surface area contributed by atoms with E-state index in [1.807, 2.05) is 79.7 Å². The molecule has 1 aliphatic rings. The quantitative estimate of drug-likeness (QED) is 0.341. The smallest absolute Gasteiger partial charge is 0.258 e. The molecule has 0 bridgehead atoms. The van der Waals surface area contributed by atoms with Gasteiger partial charge < -0.3 is 9.72 Å². The molecule has 1 atom stereocenters. The van der Waals surface area contributed by atoms with Crippen molar-refractivity contribution in [2.45, 2.75) is 25.8 Å². The number of benzene rings is 3. The standard InChI is InChI=1S/C28H24BrN3O3/c1-3-25(33)32-24(17-9-12-20(35-2)13-10-17)16-23(31-32)27-26(18-7-5-4-6-8-18)21-15-19(29)11-14-22(21)30-28(27)34/h4-15,24H,3,16H2,1-2H3,(H,30,34). The van der Waals surface area contributed by atoms with Gasteiger partial charge in [-0.25, -0.2) is 5.01 Å². The van der Waals surface area contributed by atoms with E-state index < -0.39 is 0 Å². The maximum Gasteiger partial charge on any atom is 0.258 e. The highest BCUT2D eigenvalue weighted by Gasteiger charge is 2.34. The number of hydrazone groups is 1. The second-order valence-corrected chi connectivity index (χ2v) is 9.31. The number of hydrogen-bond donors (Lipinski definition) is 1. The first-order valence-corrected chi connectivity index (χ1v) is 12.2. The molecule has 0 aliphatic carbocycles. The molecule has 0 saturated heterocycles. The van der Waals surface area contributed by atoms with Crippen LogP contribution in [0.5, 0.6) is 5.75 Å². The van der Waals surface area contributed by atoms with E-state index in [9.17, 15) is 9.59 Å². The van der Waals surface area contributed by atoms with Crippen molar-refractivity contribution in [3.63, 3.8) is 0 Å². The van der Waals surface area contributed by atoms with Gasteiger partial charge in [0.2, 0.25) is 5.91 Å². The number of aromatic amines is 1. The minimum Gasteiger partial charge on any atom is -0.497 e. The average molecular weight is 530 g/mol. The Hall–Kier alpha value is -3.71. The molecule has 7 heteroatoms. The molecule has 3 aromatic carbocycles. The van der Waals surface area contributed by atoms with Crippen LogP contribution >= 0.6 is 15.9 Å². The number of halogens is 1. The summed E-state index contributed by atoms with van der Waals surface area (Å²) >= 11 is 3.57. The summed E-state index contributed by atoms with van der Waals surface area (Å²) in [4.78, 5) is 29.4. The number of H-pyrrole nitrogens is 1. The highest BCUT2D eigenvalue weighted by atomic mass is 79.9. The third-order valence-electron chi connectivity index (χ3n) is 6.30. The zero-order valence-electron chi connectivity index (χ0n) is 19.4. The maximum absolute atomic E-state index is 13.5. The van der Waals surface area contributed by atoms with Crippen LogP contribution in [-0.2, 0) is 4.79 Å². The van der Waals surface area contributed by atoms with Gasteiger partial charge in [-0.05, 0) is 41.5 Å². The van der Waals surface area contributed by atoms with Crippen LogP contribution in [0.25, 0.3) is 22.0 Å². The number of hydrogen-bond acceptors (Lipinski definition) is 4. The van der Waals surface area contributed by atoms with Crippen LogP contribution in [0.4, 0.5) is 0 Å². The summed E-state index contributed by atoms with van der Waals surface area (Å²) in [6.45, 7) is 1.82. The van der Waals surface area contributed by atoms with Gasteiger partial charge in [0, 0.05) is 33.8 Å². The molecular formula is C28H24BrN3O3. The number of fused-ring (bicyclic) bond motifs is 1. The summed E-state index contributed by atoms with van der Waals surface area (Å²) in [6, 6.07) is 23.0. The molecule has 4 aromatic rings. The Morgan fingerprint density at radius 3 is 2.51 bits per heavy atom. The number of ether oxygens (including phenoxy) is 1. The SMILES string of the molecule is CCC(=O)N1N=C(c2c(-c3ccccc3)c3cc(Br)ccc3[nH]c2=O)CC1c1ccc(OC)cc1. The topological polar surface area (TPSA) is 74.8 Å². The Morgan fingerprint density at radius 1 is 1.09 bits per heavy atom. The number of amides is 1. The summed E-state index contributed by atoms with van der Waals surface area (Å²) in [5, 5.41) is 7.17. The summed E-state index contributed by atoms with van der Waals surface area (Å²) in [5.74, 6) is 0.645. The molecule has 0 fully saturated rings. The summed E-state index contributed by atoms with van der Waals surface area (Å²) in [6.07, 6.45) is 0.747. The van der Waals surface area contributed by atoms with E-state index in [-0.39, 0.29) is 17.5 Å². The van der Waals surface area contributed by atoms with Crippen molar-refractivity contribution in [2.75, 3.05) is 7.11 Å². The molecule has 0 spiro atoms. The lowest BCUT2D eigenvalue weighted by atomic mass is 9.91. The largest absolute Gasteiger partial charge is 0.497 e. The molecule has 176 valence electrons. The van der Waals surface area contributed by atoms with Gasteiger partial charge in [-0.3, -0.25) is 9.59 Å². The Morgan fingerprint density at radius 2 is 1.83 bits per heavy atom. The van der Waals surface area contributed by atoms with Crippen molar-refractivity contribution < 1.29 is 9.53 Å². The van der Waals surface area contributed by atoms with Crippen LogP contribution in [0.2, 0.25) is 0 Å². The predicted octanol–water partition coefficient (Wildman–Crippen LogP) is 6.05. The summed E-state index contributed by atoms with van der Waals surface area (Å²) in [7, 11) is 1.62. The normalized spacial score (nSPS) is 15.3. The Labute approximate surface area is 211 Å². The fourth-order valence-corrected chi connectivity index (χ4v) is 4.95. The third-order valence-corrected chi connectivity index (χ3v) is 6.79. The fraction of sp³-hybridized carbons (Fsp3) is 0.179. The summed E-state index contributed by atoms with van der Waals surface area (Å²) < 4.78 is 6.20. The fourth-order valence-electron chi connectivity index (χ4n) is 4.58. The van der Waals surface area contributed by atoms with Gasteiger partial charge in [-0.2, -0.15) is 5.10 Å². The van der Waals surface area contributed by atoms with Crippen LogP contribution in [0, 0.1) is 0 Å². The van der Waals surface area contributed by atoms with Gasteiger partial charge in [0.15, 0.2) is 0 Å². The Bertz CT molecular complexity index is 1490. The van der Waals surface area contributed by atoms with Crippen LogP contribution in [0.15, 0.2) is 87.2 Å². The van der Waals surface area contributed by atoms with Crippen molar-refractivity contribution in [3.8, 4) is 16.9 Å². The molecule has 1 amide bonds. The Kier molecular flexibility index (Phi) is 6.26. The van der Waals surface area contributed by atoms with Crippen LogP contribution in [0.1, 0.15) is 36.9 Å². The number of nitrogens with one attached hydrogen (secondary N) is 1. The molecule has 2 heterocycles. The molecule has 1 N–H and O–H groups in total. The highest BCUT2D eigenvalue weighted by Crippen LogP contribution is 2.38. The lowest BCUT2D eigenvalue weighted by Crippen LogP contribution is -2.26. The molecule has 6 nitrogen and oxygen atoms in total. The molecule has 5 rings (SSSR count). The van der Waals surface area contributed by atoms with Crippen molar-refractivity contribution in [2.24, 2.45) is 5.10 Å². The predicted molar refractivity (Wildman–Crippen MR) is 142 cm³/mol. The number of rotatable bonds is 5. The van der Waals surface area contributed by atoms with Gasteiger partial charge in [-0.1, -0.05) is 65.3 Å². The molecule has 0 radical (unpaired) electrons. The van der Waals surface area contributed by atoms with Gasteiger partial charge in [0.05, 0.1) is 24.4 Å². The van der Waals surface area contributed by atoms with Crippen molar-refractivity contribution in [1.82, 2.24) is 9.99 Å². The van der Waals surface area contributed by atoms with Crippen LogP contribution < -0.4 is 10.3 Å². The second-order valence-electron chi connectivity index (χ2n) is 8.39. The lowest BCUT2D eigenvalue weighted by molar-refractivity contribution is -0.132. The van der Waals surface area contributed by atoms with Gasteiger partial charge in [-0.15, -0.1) is 0 Å². The van der Waals surface area contributed by atoms with Gasteiger partial charge in [0.1, 0.15) is 5.75 Å². The van der Waals surface area contributed by atoms with E-state index >= 15 is 0 Å². The minimum absolute atomic E-state index is 0.0953. The van der Waals surface area contributed by atoms with Gasteiger partial charge in [0.25, 0.3) is 5.56 Å². The van der Waals surface area contributed by atoms with E-state index in [0.29, 0.717) is 24.1 Å². The Balaban J connectivity index is 1.71. The number of aromatic nitrogens is 1. The number of methoxy groups -OCH3 is 1. The average Bonchev–Trinajstić information content (AvgIpc) is 3.33. The zero-order valence-corrected chi connectivity index (χ0v) is 21.0. The first-order chi connectivity index (χ1) is 17.0. The number of carbonyl (C=O) groups is 1. The maximum atomic E-state index is 13.5. The number of nitrogens with zero attached hydrogens (tertiary/aromatic N) is 2. The van der Waals surface area contributed by atoms with E-state index in [1.165, 1.54) is 5.01 Å². The second kappa shape index (κ2) is 9.50. The van der Waals surface area contributed by atoms with Crippen molar-refractivity contribution >= 4 is 38.5 Å². The molecule has 35 heavy (non-hydrogen) atoms. The van der Waals surface area contributed by atoms with Crippen LogP contribution in [0.3, 0.4) is 0 Å². The summed E-state index contributed by atoms with van der Waals surface area (Å²) in [5.41, 5.74) is 4.27. The number of carbonyl (C=O) groups excluding carboxylic acids is 1. The lowest BCUT2D eigenvalue weighted by Gasteiger charge is -2.21. The molecule has 1 aliphatic heterocycles. The first kappa shape index (κ1) is 23.1. The molecular weight excluding hydrogens is 506 g/mol. The van der Waals surface area contributed by atoms with Crippen molar-refractivity contribution in [1.29, 1.82) is 0 Å². The van der Waals surface area contributed by atoms with Gasteiger partial charge >= 0.3 is 0 Å². The van der Waals surface area contributed by atoms with E-state index in [4.69, 9.17) is 9.84 Å². The third kappa shape index (κ3) is 4.28. The molecule has 1 aromatic heterocycles. The first-order valence-electron chi connectivity index (χ1n) is 11.4. The number of pyridine rings is 1. The molecule has 1 unspecified atom stereocenters. The highest BCUT2D eigenvalue weighted by molar-refractivity contribution is 9.10. The zero-order chi connectivity index (χ0) is 24.5. The monoisotopic (exact) mass is 529 g/mol. The minimum atomic E-state index is -0.301. The van der Waals surface area contributed by atoms with Crippen LogP contribution in [-0.4, -0.2) is 28.7 Å². The van der Waals surface area contributed by atoms with Crippen molar-refractivity contribution in [3.05, 3.63) is 98.7 Å². The van der Waals surface area contributed by atoms with E-state index in [1.54, 1.807) is 7.11 Å². The van der Waals surface area contributed by atoms with E-state index in [0.717, 1.165) is 37.8 Å². The van der Waals surface area contributed by atoms with E-state index in [2.05, 4.69) is 20.9 Å². The molecule has 0 saturated carbocycles.